The van der Waals surface area contributed by atoms with Crippen molar-refractivity contribution in [1.82, 2.24) is 5.32 Å². The number of imide groups is 1. The maximum atomic E-state index is 12.2. The molecular weight excluding hydrogens is 272 g/mol. The van der Waals surface area contributed by atoms with E-state index in [1.807, 2.05) is 0 Å². The Morgan fingerprint density at radius 2 is 2.05 bits per heavy atom. The van der Waals surface area contributed by atoms with Crippen molar-refractivity contribution in [1.29, 1.82) is 0 Å². The van der Waals surface area contributed by atoms with E-state index in [0.29, 0.717) is 11.1 Å². The average molecular weight is 283 g/mol. The molecule has 1 fully saturated rings. The molecule has 1 N–H and O–H groups in total. The van der Waals surface area contributed by atoms with Gasteiger partial charge < -0.3 is 9.47 Å². The van der Waals surface area contributed by atoms with Gasteiger partial charge in [-0.3, -0.25) is 14.9 Å². The Kier molecular flexibility index (Phi) is 3.97. The summed E-state index contributed by atoms with van der Waals surface area (Å²) in [4.78, 5) is 22.5. The number of alkyl halides is 2. The predicted octanol–water partition coefficient (Wildman–Crippen LogP) is 1.73. The van der Waals surface area contributed by atoms with Gasteiger partial charge in [0.15, 0.2) is 11.5 Å². The van der Waals surface area contributed by atoms with Crippen molar-refractivity contribution in [2.75, 3.05) is 7.11 Å². The smallest absolute Gasteiger partial charge is 0.387 e. The summed E-state index contributed by atoms with van der Waals surface area (Å²) in [6, 6.07) is 4.25. The zero-order valence-corrected chi connectivity index (χ0v) is 10.5. The van der Waals surface area contributed by atoms with Gasteiger partial charge in [0.05, 0.1) is 13.5 Å². The van der Waals surface area contributed by atoms with Gasteiger partial charge in [0.2, 0.25) is 5.91 Å². The Labute approximate surface area is 113 Å². The predicted molar refractivity (Wildman–Crippen MR) is 65.4 cm³/mol. The van der Waals surface area contributed by atoms with Crippen molar-refractivity contribution in [3.63, 3.8) is 0 Å². The van der Waals surface area contributed by atoms with Gasteiger partial charge in [0.1, 0.15) is 0 Å². The number of carbonyl (C=O) groups excluding carboxylic acids is 2. The summed E-state index contributed by atoms with van der Waals surface area (Å²) in [6.45, 7) is -2.95. The monoisotopic (exact) mass is 283 g/mol. The molecule has 1 aromatic carbocycles. The van der Waals surface area contributed by atoms with E-state index in [1.54, 1.807) is 0 Å². The highest BCUT2D eigenvalue weighted by molar-refractivity contribution is 6.15. The number of amides is 2. The van der Waals surface area contributed by atoms with Crippen molar-refractivity contribution in [3.05, 3.63) is 29.3 Å². The Balaban J connectivity index is 2.28. The van der Waals surface area contributed by atoms with E-state index in [0.717, 1.165) is 0 Å². The third kappa shape index (κ3) is 3.11. The van der Waals surface area contributed by atoms with Crippen molar-refractivity contribution in [3.8, 4) is 11.5 Å². The van der Waals surface area contributed by atoms with E-state index in [2.05, 4.69) is 10.1 Å². The summed E-state index contributed by atoms with van der Waals surface area (Å²) >= 11 is 0. The van der Waals surface area contributed by atoms with Crippen LogP contribution < -0.4 is 14.8 Å². The summed E-state index contributed by atoms with van der Waals surface area (Å²) in [5, 5.41) is 2.15. The number of carbonyl (C=O) groups is 2. The van der Waals surface area contributed by atoms with E-state index in [-0.39, 0.29) is 23.8 Å². The molecule has 106 valence electrons. The Morgan fingerprint density at radius 3 is 2.60 bits per heavy atom. The number of nitrogens with one attached hydrogen (secondary N) is 1. The van der Waals surface area contributed by atoms with E-state index in [1.165, 1.54) is 31.4 Å². The molecule has 0 radical (unpaired) electrons. The van der Waals surface area contributed by atoms with E-state index >= 15 is 0 Å². The SMILES string of the molecule is COc1cc(C=C2CC(=O)NC2=O)ccc1OC(F)F. The highest BCUT2D eigenvalue weighted by Crippen LogP contribution is 2.30. The second-order valence-electron chi connectivity index (χ2n) is 4.01. The molecule has 0 spiro atoms. The molecule has 0 saturated carbocycles. The molecule has 1 heterocycles. The largest absolute Gasteiger partial charge is 0.493 e. The van der Waals surface area contributed by atoms with Crippen LogP contribution in [0, 0.1) is 0 Å². The van der Waals surface area contributed by atoms with Crippen molar-refractivity contribution >= 4 is 17.9 Å². The van der Waals surface area contributed by atoms with E-state index < -0.39 is 12.5 Å². The number of hydrogen-bond acceptors (Lipinski definition) is 4. The van der Waals surface area contributed by atoms with Crippen LogP contribution in [0.5, 0.6) is 11.5 Å². The summed E-state index contributed by atoms with van der Waals surface area (Å²) in [7, 11) is 1.32. The lowest BCUT2D eigenvalue weighted by molar-refractivity contribution is -0.124. The summed E-state index contributed by atoms with van der Waals surface area (Å²) in [5.74, 6) is -0.811. The Morgan fingerprint density at radius 1 is 1.30 bits per heavy atom. The van der Waals surface area contributed by atoms with Crippen LogP contribution in [0.1, 0.15) is 12.0 Å². The topological polar surface area (TPSA) is 64.6 Å². The quantitative estimate of drug-likeness (QED) is 0.675. The third-order valence-electron chi connectivity index (χ3n) is 2.64. The van der Waals surface area contributed by atoms with Crippen LogP contribution in [-0.2, 0) is 9.59 Å². The summed E-state index contributed by atoms with van der Waals surface area (Å²) < 4.78 is 33.6. The molecule has 2 amide bonds. The Bertz CT molecular complexity index is 584. The van der Waals surface area contributed by atoms with Crippen LogP contribution in [-0.4, -0.2) is 25.5 Å². The molecule has 1 aliphatic rings. The minimum absolute atomic E-state index is 0.00354. The van der Waals surface area contributed by atoms with Crippen molar-refractivity contribution in [2.24, 2.45) is 0 Å². The number of benzene rings is 1. The number of methoxy groups -OCH3 is 1. The molecule has 1 aromatic rings. The molecule has 0 unspecified atom stereocenters. The first-order valence-corrected chi connectivity index (χ1v) is 5.67. The van der Waals surface area contributed by atoms with Crippen LogP contribution in [0.3, 0.4) is 0 Å². The summed E-state index contributed by atoms with van der Waals surface area (Å²) in [6.07, 6.45) is 1.49. The minimum Gasteiger partial charge on any atom is -0.493 e. The third-order valence-corrected chi connectivity index (χ3v) is 2.64. The maximum absolute atomic E-state index is 12.2. The molecule has 0 bridgehead atoms. The molecule has 5 nitrogen and oxygen atoms in total. The van der Waals surface area contributed by atoms with Gasteiger partial charge in [0.25, 0.3) is 5.91 Å². The second-order valence-corrected chi connectivity index (χ2v) is 4.01. The van der Waals surface area contributed by atoms with Crippen LogP contribution in [0.4, 0.5) is 8.78 Å². The number of hydrogen-bond donors (Lipinski definition) is 1. The zero-order valence-electron chi connectivity index (χ0n) is 10.5. The molecular formula is C13H11F2NO4. The first-order chi connectivity index (χ1) is 9.49. The molecule has 2 rings (SSSR count). The van der Waals surface area contributed by atoms with Gasteiger partial charge in [-0.15, -0.1) is 0 Å². The maximum Gasteiger partial charge on any atom is 0.387 e. The first-order valence-electron chi connectivity index (χ1n) is 5.67. The molecule has 20 heavy (non-hydrogen) atoms. The molecule has 1 aliphatic heterocycles. The van der Waals surface area contributed by atoms with Crippen molar-refractivity contribution in [2.45, 2.75) is 13.0 Å². The van der Waals surface area contributed by atoms with Crippen LogP contribution >= 0.6 is 0 Å². The lowest BCUT2D eigenvalue weighted by atomic mass is 10.1. The van der Waals surface area contributed by atoms with Gasteiger partial charge in [-0.25, -0.2) is 0 Å². The number of ether oxygens (including phenoxy) is 2. The number of halogens is 2. The first kappa shape index (κ1) is 14.0. The van der Waals surface area contributed by atoms with Gasteiger partial charge in [-0.05, 0) is 23.8 Å². The van der Waals surface area contributed by atoms with Crippen LogP contribution in [0.2, 0.25) is 0 Å². The standard InChI is InChI=1S/C13H11F2NO4/c1-19-10-5-7(2-3-9(10)20-13(14)15)4-8-6-11(17)16-12(8)18/h2-5,13H,6H2,1H3,(H,16,17,18). The van der Waals surface area contributed by atoms with Crippen LogP contribution in [0.15, 0.2) is 23.8 Å². The lowest BCUT2D eigenvalue weighted by Crippen LogP contribution is -2.19. The molecule has 0 atom stereocenters. The minimum atomic E-state index is -2.95. The fraction of sp³-hybridized carbons (Fsp3) is 0.231. The highest BCUT2D eigenvalue weighted by Gasteiger charge is 2.23. The van der Waals surface area contributed by atoms with E-state index in [4.69, 9.17) is 4.74 Å². The van der Waals surface area contributed by atoms with Gasteiger partial charge in [0, 0.05) is 5.57 Å². The van der Waals surface area contributed by atoms with Crippen LogP contribution in [0.25, 0.3) is 6.08 Å². The molecule has 1 saturated heterocycles. The summed E-state index contributed by atoms with van der Waals surface area (Å²) in [5.41, 5.74) is 0.850. The second kappa shape index (κ2) is 5.68. The van der Waals surface area contributed by atoms with Gasteiger partial charge in [-0.1, -0.05) is 6.07 Å². The Hall–Kier alpha value is -2.44. The fourth-order valence-electron chi connectivity index (χ4n) is 1.79. The molecule has 7 heteroatoms. The molecule has 0 aliphatic carbocycles. The fourth-order valence-corrected chi connectivity index (χ4v) is 1.79. The molecule has 0 aromatic heterocycles. The van der Waals surface area contributed by atoms with Gasteiger partial charge >= 0.3 is 6.61 Å². The lowest BCUT2D eigenvalue weighted by Gasteiger charge is -2.10. The van der Waals surface area contributed by atoms with Gasteiger partial charge in [-0.2, -0.15) is 8.78 Å². The van der Waals surface area contributed by atoms with E-state index in [9.17, 15) is 18.4 Å². The highest BCUT2D eigenvalue weighted by atomic mass is 19.3. The zero-order chi connectivity index (χ0) is 14.7. The van der Waals surface area contributed by atoms with Crippen molar-refractivity contribution < 1.29 is 27.8 Å². The number of rotatable bonds is 4. The normalized spacial score (nSPS) is 16.7. The average Bonchev–Trinajstić information content (AvgIpc) is 2.69.